The van der Waals surface area contributed by atoms with Gasteiger partial charge in [0.15, 0.2) is 0 Å². The maximum absolute atomic E-state index is 11.8. The predicted molar refractivity (Wildman–Crippen MR) is 86.5 cm³/mol. The SMILES string of the molecule is CC(C)CC(C)(C)COCC(C)(C)NC(=O)[C@@H](N)CC(=O)O. The highest BCUT2D eigenvalue weighted by atomic mass is 16.5. The van der Waals surface area contributed by atoms with Crippen molar-refractivity contribution in [3.8, 4) is 0 Å². The van der Waals surface area contributed by atoms with Gasteiger partial charge in [0.2, 0.25) is 5.91 Å². The number of ether oxygens (including phenoxy) is 1. The molecule has 0 unspecified atom stereocenters. The van der Waals surface area contributed by atoms with E-state index < -0.39 is 23.5 Å². The van der Waals surface area contributed by atoms with E-state index in [-0.39, 0.29) is 11.8 Å². The standard InChI is InChI=1S/C16H32N2O4/c1-11(2)8-15(3,4)9-22-10-16(5,6)18-14(21)12(17)7-13(19)20/h11-12H,7-10,17H2,1-6H3,(H,18,21)(H,19,20)/t12-/m0/s1. The van der Waals surface area contributed by atoms with Crippen LogP contribution in [0.25, 0.3) is 0 Å². The molecule has 0 aromatic rings. The van der Waals surface area contributed by atoms with Gasteiger partial charge in [-0.3, -0.25) is 9.59 Å². The van der Waals surface area contributed by atoms with Gasteiger partial charge in [-0.05, 0) is 31.6 Å². The third-order valence-corrected chi connectivity index (χ3v) is 3.11. The van der Waals surface area contributed by atoms with Gasteiger partial charge in [0.05, 0.1) is 31.2 Å². The second-order valence-corrected chi connectivity index (χ2v) is 7.83. The monoisotopic (exact) mass is 316 g/mol. The number of hydrogen-bond donors (Lipinski definition) is 3. The molecule has 22 heavy (non-hydrogen) atoms. The third kappa shape index (κ3) is 9.73. The van der Waals surface area contributed by atoms with Crippen LogP contribution in [0.15, 0.2) is 0 Å². The summed E-state index contributed by atoms with van der Waals surface area (Å²) < 4.78 is 5.75. The van der Waals surface area contributed by atoms with Crippen molar-refractivity contribution in [1.82, 2.24) is 5.32 Å². The van der Waals surface area contributed by atoms with E-state index in [0.717, 1.165) is 6.42 Å². The molecule has 4 N–H and O–H groups in total. The van der Waals surface area contributed by atoms with E-state index in [1.165, 1.54) is 0 Å². The molecule has 0 fully saturated rings. The summed E-state index contributed by atoms with van der Waals surface area (Å²) in [5, 5.41) is 11.4. The molecule has 0 rings (SSSR count). The highest BCUT2D eigenvalue weighted by Gasteiger charge is 2.27. The van der Waals surface area contributed by atoms with E-state index in [9.17, 15) is 9.59 Å². The lowest BCUT2D eigenvalue weighted by molar-refractivity contribution is -0.139. The molecule has 0 aliphatic carbocycles. The first-order chi connectivity index (χ1) is 9.84. The number of hydrogen-bond acceptors (Lipinski definition) is 4. The zero-order valence-corrected chi connectivity index (χ0v) is 14.7. The minimum atomic E-state index is -1.09. The van der Waals surface area contributed by atoms with Gasteiger partial charge in [-0.2, -0.15) is 0 Å². The van der Waals surface area contributed by atoms with E-state index >= 15 is 0 Å². The summed E-state index contributed by atoms with van der Waals surface area (Å²) in [7, 11) is 0. The van der Waals surface area contributed by atoms with Crippen LogP contribution in [-0.4, -0.2) is 41.8 Å². The number of nitrogens with two attached hydrogens (primary N) is 1. The number of rotatable bonds is 10. The Labute approximate surface area is 133 Å². The number of amides is 1. The molecule has 0 aromatic heterocycles. The topological polar surface area (TPSA) is 102 Å². The molecule has 0 saturated carbocycles. The van der Waals surface area contributed by atoms with Crippen LogP contribution >= 0.6 is 0 Å². The summed E-state index contributed by atoms with van der Waals surface area (Å²) in [4.78, 5) is 22.4. The smallest absolute Gasteiger partial charge is 0.305 e. The number of aliphatic carboxylic acids is 1. The molecule has 1 amide bonds. The van der Waals surface area contributed by atoms with E-state index in [4.69, 9.17) is 15.6 Å². The van der Waals surface area contributed by atoms with Gasteiger partial charge in [-0.1, -0.05) is 27.7 Å². The quantitative estimate of drug-likeness (QED) is 0.570. The number of carboxylic acid groups (broad SMARTS) is 1. The van der Waals surface area contributed by atoms with Crippen LogP contribution in [0.3, 0.4) is 0 Å². The summed E-state index contributed by atoms with van der Waals surface area (Å²) in [6.07, 6.45) is 0.674. The lowest BCUT2D eigenvalue weighted by Gasteiger charge is -2.31. The summed E-state index contributed by atoms with van der Waals surface area (Å²) in [6.45, 7) is 13.3. The van der Waals surface area contributed by atoms with Crippen LogP contribution in [0.2, 0.25) is 0 Å². The van der Waals surface area contributed by atoms with Crippen molar-refractivity contribution in [3.63, 3.8) is 0 Å². The zero-order chi connectivity index (χ0) is 17.6. The summed E-state index contributed by atoms with van der Waals surface area (Å²) in [6, 6.07) is -1.05. The Kier molecular flexibility index (Phi) is 8.04. The van der Waals surface area contributed by atoms with Crippen molar-refractivity contribution in [2.45, 2.75) is 66.0 Å². The van der Waals surface area contributed by atoms with Gasteiger partial charge in [-0.15, -0.1) is 0 Å². The van der Waals surface area contributed by atoms with Crippen molar-refractivity contribution in [3.05, 3.63) is 0 Å². The van der Waals surface area contributed by atoms with Gasteiger partial charge >= 0.3 is 5.97 Å². The molecule has 130 valence electrons. The highest BCUT2D eigenvalue weighted by molar-refractivity contribution is 5.86. The average molecular weight is 316 g/mol. The first kappa shape index (κ1) is 20.9. The normalized spacial score (nSPS) is 14.0. The van der Waals surface area contributed by atoms with Crippen molar-refractivity contribution in [1.29, 1.82) is 0 Å². The highest BCUT2D eigenvalue weighted by Crippen LogP contribution is 2.25. The molecular weight excluding hydrogens is 284 g/mol. The lowest BCUT2D eigenvalue weighted by Crippen LogP contribution is -2.53. The summed E-state index contributed by atoms with van der Waals surface area (Å²) in [5.41, 5.74) is 5.03. The molecule has 0 spiro atoms. The van der Waals surface area contributed by atoms with Crippen molar-refractivity contribution < 1.29 is 19.4 Å². The van der Waals surface area contributed by atoms with Crippen LogP contribution < -0.4 is 11.1 Å². The Balaban J connectivity index is 4.29. The van der Waals surface area contributed by atoms with E-state index in [2.05, 4.69) is 33.0 Å². The molecular formula is C16H32N2O4. The van der Waals surface area contributed by atoms with Crippen LogP contribution in [0.4, 0.5) is 0 Å². The van der Waals surface area contributed by atoms with Crippen LogP contribution in [0.5, 0.6) is 0 Å². The van der Waals surface area contributed by atoms with Crippen molar-refractivity contribution in [2.24, 2.45) is 17.1 Å². The maximum atomic E-state index is 11.8. The van der Waals surface area contributed by atoms with E-state index in [1.54, 1.807) is 0 Å². The molecule has 0 saturated heterocycles. The minimum absolute atomic E-state index is 0.0773. The Morgan fingerprint density at radius 3 is 2.18 bits per heavy atom. The minimum Gasteiger partial charge on any atom is -0.481 e. The average Bonchev–Trinajstić information content (AvgIpc) is 2.24. The molecule has 6 heteroatoms. The largest absolute Gasteiger partial charge is 0.481 e. The van der Waals surface area contributed by atoms with Crippen LogP contribution in [-0.2, 0) is 14.3 Å². The number of carboxylic acids is 1. The van der Waals surface area contributed by atoms with Crippen LogP contribution in [0.1, 0.15) is 54.4 Å². The van der Waals surface area contributed by atoms with Gasteiger partial charge in [0.1, 0.15) is 0 Å². The first-order valence-electron chi connectivity index (χ1n) is 7.72. The van der Waals surface area contributed by atoms with Gasteiger partial charge in [0.25, 0.3) is 0 Å². The molecule has 0 radical (unpaired) electrons. The second kappa shape index (κ2) is 8.48. The lowest BCUT2D eigenvalue weighted by atomic mass is 9.85. The number of carbonyl (C=O) groups excluding carboxylic acids is 1. The molecule has 1 atom stereocenters. The predicted octanol–water partition coefficient (Wildman–Crippen LogP) is 1.77. The molecule has 0 heterocycles. The fourth-order valence-electron chi connectivity index (χ4n) is 2.49. The number of nitrogens with one attached hydrogen (secondary N) is 1. The van der Waals surface area contributed by atoms with E-state index in [0.29, 0.717) is 19.1 Å². The van der Waals surface area contributed by atoms with Crippen molar-refractivity contribution in [2.75, 3.05) is 13.2 Å². The first-order valence-corrected chi connectivity index (χ1v) is 7.72. The van der Waals surface area contributed by atoms with Crippen molar-refractivity contribution >= 4 is 11.9 Å². The molecule has 6 nitrogen and oxygen atoms in total. The molecule has 0 aliphatic rings. The van der Waals surface area contributed by atoms with Gasteiger partial charge in [-0.25, -0.2) is 0 Å². The molecule has 0 aromatic carbocycles. The fourth-order valence-corrected chi connectivity index (χ4v) is 2.49. The second-order valence-electron chi connectivity index (χ2n) is 7.83. The zero-order valence-electron chi connectivity index (χ0n) is 14.7. The summed E-state index contributed by atoms with van der Waals surface area (Å²) in [5.74, 6) is -0.968. The van der Waals surface area contributed by atoms with E-state index in [1.807, 2.05) is 13.8 Å². The van der Waals surface area contributed by atoms with Gasteiger partial charge in [0, 0.05) is 0 Å². The Hall–Kier alpha value is -1.14. The molecule has 0 bridgehead atoms. The number of carbonyl (C=O) groups is 2. The maximum Gasteiger partial charge on any atom is 0.305 e. The Morgan fingerprint density at radius 2 is 1.73 bits per heavy atom. The van der Waals surface area contributed by atoms with Gasteiger partial charge < -0.3 is 20.9 Å². The molecule has 0 aliphatic heterocycles. The third-order valence-electron chi connectivity index (χ3n) is 3.11. The van der Waals surface area contributed by atoms with Crippen LogP contribution in [0, 0.1) is 11.3 Å². The Morgan fingerprint density at radius 1 is 1.18 bits per heavy atom. The summed E-state index contributed by atoms with van der Waals surface area (Å²) >= 11 is 0. The Bertz CT molecular complexity index is 378. The fraction of sp³-hybridized carbons (Fsp3) is 0.875.